The van der Waals surface area contributed by atoms with Crippen LogP contribution in [0.1, 0.15) is 36.7 Å². The Morgan fingerprint density at radius 1 is 1.42 bits per heavy atom. The van der Waals surface area contributed by atoms with Crippen molar-refractivity contribution in [1.29, 1.82) is 0 Å². The second-order valence-electron chi connectivity index (χ2n) is 6.30. The number of H-pyrrole nitrogens is 1. The van der Waals surface area contributed by atoms with Gasteiger partial charge in [-0.25, -0.2) is 9.97 Å². The molecule has 24 heavy (non-hydrogen) atoms. The van der Waals surface area contributed by atoms with Gasteiger partial charge in [-0.1, -0.05) is 6.07 Å². The molecule has 124 valence electrons. The number of carbonyl (C=O) groups excluding carboxylic acids is 1. The third-order valence-corrected chi connectivity index (χ3v) is 4.57. The molecule has 2 aromatic heterocycles. The standard InChI is InChI=1S/C17H20N6O/c1-12-4-5-13-14(9-12)21-17(20-13)15-3-2-7-23(15)16(24)6-8-22-11-18-10-19-22/h4-5,9-11,15H,2-3,6-8H2,1H3,(H,20,21)/t15-/m1/s1. The fourth-order valence-corrected chi connectivity index (χ4v) is 3.35. The van der Waals surface area contributed by atoms with Crippen molar-refractivity contribution in [2.24, 2.45) is 0 Å². The van der Waals surface area contributed by atoms with Gasteiger partial charge in [0.15, 0.2) is 0 Å². The number of rotatable bonds is 4. The number of nitrogens with zero attached hydrogens (tertiary/aromatic N) is 5. The normalized spacial score (nSPS) is 17.7. The van der Waals surface area contributed by atoms with Gasteiger partial charge < -0.3 is 9.88 Å². The van der Waals surface area contributed by atoms with Gasteiger partial charge in [0.25, 0.3) is 0 Å². The van der Waals surface area contributed by atoms with Gasteiger partial charge in [0.05, 0.1) is 23.6 Å². The van der Waals surface area contributed by atoms with Crippen LogP contribution in [-0.4, -0.2) is 42.1 Å². The summed E-state index contributed by atoms with van der Waals surface area (Å²) in [6, 6.07) is 6.22. The van der Waals surface area contributed by atoms with Crippen molar-refractivity contribution < 1.29 is 4.79 Å². The molecule has 1 aliphatic rings. The van der Waals surface area contributed by atoms with Crippen LogP contribution in [0.15, 0.2) is 30.9 Å². The van der Waals surface area contributed by atoms with Gasteiger partial charge >= 0.3 is 0 Å². The zero-order valence-electron chi connectivity index (χ0n) is 13.6. The molecule has 0 radical (unpaired) electrons. The van der Waals surface area contributed by atoms with Crippen LogP contribution in [0.5, 0.6) is 0 Å². The minimum absolute atomic E-state index is 0.0425. The number of fused-ring (bicyclic) bond motifs is 1. The summed E-state index contributed by atoms with van der Waals surface area (Å²) in [4.78, 5) is 26.6. The van der Waals surface area contributed by atoms with Gasteiger partial charge in [-0.15, -0.1) is 0 Å². The van der Waals surface area contributed by atoms with Crippen LogP contribution in [0.3, 0.4) is 0 Å². The summed E-state index contributed by atoms with van der Waals surface area (Å²) in [5.74, 6) is 1.03. The number of hydrogen-bond acceptors (Lipinski definition) is 4. The molecule has 3 aromatic rings. The Bertz CT molecular complexity index is 853. The molecule has 0 spiro atoms. The number of likely N-dealkylation sites (tertiary alicyclic amines) is 1. The Morgan fingerprint density at radius 3 is 3.17 bits per heavy atom. The van der Waals surface area contributed by atoms with Crippen molar-refractivity contribution in [2.45, 2.75) is 38.8 Å². The number of nitrogens with one attached hydrogen (secondary N) is 1. The van der Waals surface area contributed by atoms with E-state index >= 15 is 0 Å². The molecule has 1 saturated heterocycles. The van der Waals surface area contributed by atoms with Crippen molar-refractivity contribution in [2.75, 3.05) is 6.54 Å². The molecule has 7 heteroatoms. The number of amides is 1. The number of benzene rings is 1. The van der Waals surface area contributed by atoms with Crippen LogP contribution in [0, 0.1) is 6.92 Å². The van der Waals surface area contributed by atoms with Gasteiger partial charge in [0.1, 0.15) is 18.5 Å². The second kappa shape index (κ2) is 6.07. The molecule has 4 rings (SSSR count). The van der Waals surface area contributed by atoms with E-state index in [-0.39, 0.29) is 11.9 Å². The van der Waals surface area contributed by atoms with Crippen LogP contribution in [-0.2, 0) is 11.3 Å². The van der Waals surface area contributed by atoms with E-state index in [0.29, 0.717) is 13.0 Å². The van der Waals surface area contributed by atoms with E-state index in [0.717, 1.165) is 36.2 Å². The Balaban J connectivity index is 1.51. The SMILES string of the molecule is Cc1ccc2nc([C@H]3CCCN3C(=O)CCn3cncn3)[nH]c2c1. The van der Waals surface area contributed by atoms with Crippen LogP contribution < -0.4 is 0 Å². The van der Waals surface area contributed by atoms with Crippen LogP contribution in [0.2, 0.25) is 0 Å². The lowest BCUT2D eigenvalue weighted by Gasteiger charge is -2.23. The molecular formula is C17H20N6O. The average molecular weight is 324 g/mol. The molecule has 1 aromatic carbocycles. The molecule has 1 aliphatic heterocycles. The molecule has 3 heterocycles. The number of hydrogen-bond donors (Lipinski definition) is 1. The Labute approximate surface area is 139 Å². The zero-order valence-corrected chi connectivity index (χ0v) is 13.6. The van der Waals surface area contributed by atoms with E-state index < -0.39 is 0 Å². The first kappa shape index (κ1) is 14.9. The van der Waals surface area contributed by atoms with E-state index in [2.05, 4.69) is 34.1 Å². The first-order valence-electron chi connectivity index (χ1n) is 8.29. The maximum absolute atomic E-state index is 12.6. The summed E-state index contributed by atoms with van der Waals surface area (Å²) in [7, 11) is 0. The summed E-state index contributed by atoms with van der Waals surface area (Å²) >= 11 is 0. The number of aryl methyl sites for hydroxylation is 2. The predicted molar refractivity (Wildman–Crippen MR) is 89.2 cm³/mol. The summed E-state index contributed by atoms with van der Waals surface area (Å²) in [6.07, 6.45) is 5.51. The lowest BCUT2D eigenvalue weighted by atomic mass is 10.2. The largest absolute Gasteiger partial charge is 0.340 e. The first-order chi connectivity index (χ1) is 11.7. The summed E-state index contributed by atoms with van der Waals surface area (Å²) in [5.41, 5.74) is 3.19. The topological polar surface area (TPSA) is 79.7 Å². The maximum atomic E-state index is 12.6. The monoisotopic (exact) mass is 324 g/mol. The highest BCUT2D eigenvalue weighted by Gasteiger charge is 2.31. The number of imidazole rings is 1. The van der Waals surface area contributed by atoms with Crippen LogP contribution >= 0.6 is 0 Å². The van der Waals surface area contributed by atoms with Gasteiger partial charge in [0, 0.05) is 13.0 Å². The van der Waals surface area contributed by atoms with Crippen molar-refractivity contribution >= 4 is 16.9 Å². The van der Waals surface area contributed by atoms with Crippen LogP contribution in [0.25, 0.3) is 11.0 Å². The quantitative estimate of drug-likeness (QED) is 0.798. The summed E-state index contributed by atoms with van der Waals surface area (Å²) in [6.45, 7) is 3.41. The fourth-order valence-electron chi connectivity index (χ4n) is 3.35. The van der Waals surface area contributed by atoms with Crippen LogP contribution in [0.4, 0.5) is 0 Å². The van der Waals surface area contributed by atoms with Gasteiger partial charge in [-0.2, -0.15) is 5.10 Å². The minimum atomic E-state index is 0.0425. The number of aromatic nitrogens is 5. The van der Waals surface area contributed by atoms with Crippen molar-refractivity contribution in [3.63, 3.8) is 0 Å². The molecule has 1 amide bonds. The van der Waals surface area contributed by atoms with Crippen molar-refractivity contribution in [3.05, 3.63) is 42.2 Å². The molecule has 0 unspecified atom stereocenters. The lowest BCUT2D eigenvalue weighted by Crippen LogP contribution is -2.31. The number of carbonyl (C=O) groups is 1. The highest BCUT2D eigenvalue weighted by Crippen LogP contribution is 2.32. The summed E-state index contributed by atoms with van der Waals surface area (Å²) in [5, 5.41) is 4.05. The molecule has 0 aliphatic carbocycles. The van der Waals surface area contributed by atoms with E-state index in [9.17, 15) is 4.79 Å². The van der Waals surface area contributed by atoms with Gasteiger partial charge in [-0.3, -0.25) is 9.48 Å². The Kier molecular flexibility index (Phi) is 3.76. The van der Waals surface area contributed by atoms with E-state index in [1.54, 1.807) is 11.0 Å². The first-order valence-corrected chi connectivity index (χ1v) is 8.29. The maximum Gasteiger partial charge on any atom is 0.225 e. The summed E-state index contributed by atoms with van der Waals surface area (Å²) < 4.78 is 1.69. The third-order valence-electron chi connectivity index (χ3n) is 4.57. The zero-order chi connectivity index (χ0) is 16.5. The molecule has 7 nitrogen and oxygen atoms in total. The molecule has 0 bridgehead atoms. The smallest absolute Gasteiger partial charge is 0.225 e. The Hall–Kier alpha value is -2.70. The fraction of sp³-hybridized carbons (Fsp3) is 0.412. The van der Waals surface area contributed by atoms with E-state index in [1.807, 2.05) is 11.0 Å². The molecule has 1 fully saturated rings. The minimum Gasteiger partial charge on any atom is -0.340 e. The van der Waals surface area contributed by atoms with E-state index in [1.165, 1.54) is 11.9 Å². The second-order valence-corrected chi connectivity index (χ2v) is 6.30. The molecule has 1 N–H and O–H groups in total. The number of aromatic amines is 1. The highest BCUT2D eigenvalue weighted by atomic mass is 16.2. The highest BCUT2D eigenvalue weighted by molar-refractivity contribution is 5.78. The molecular weight excluding hydrogens is 304 g/mol. The Morgan fingerprint density at radius 2 is 2.33 bits per heavy atom. The van der Waals surface area contributed by atoms with E-state index in [4.69, 9.17) is 4.98 Å². The van der Waals surface area contributed by atoms with Crippen molar-refractivity contribution in [1.82, 2.24) is 29.6 Å². The van der Waals surface area contributed by atoms with Gasteiger partial charge in [-0.05, 0) is 37.5 Å². The lowest BCUT2D eigenvalue weighted by molar-refractivity contribution is -0.132. The predicted octanol–water partition coefficient (Wildman–Crippen LogP) is 2.22. The van der Waals surface area contributed by atoms with Crippen molar-refractivity contribution in [3.8, 4) is 0 Å². The average Bonchev–Trinajstić information content (AvgIpc) is 3.30. The molecule has 0 saturated carbocycles. The third kappa shape index (κ3) is 2.77. The van der Waals surface area contributed by atoms with Gasteiger partial charge in [0.2, 0.25) is 5.91 Å². The molecule has 1 atom stereocenters.